The average Bonchev–Trinajstić information content (AvgIpc) is 3.39. The first-order chi connectivity index (χ1) is 13.7. The van der Waals surface area contributed by atoms with E-state index >= 15 is 0 Å². The maximum absolute atomic E-state index is 12.6. The predicted molar refractivity (Wildman–Crippen MR) is 107 cm³/mol. The summed E-state index contributed by atoms with van der Waals surface area (Å²) in [5.74, 6) is 1.13. The average molecular weight is 372 g/mol. The number of phenolic OH excluding ortho intramolecular Hbond substituents is 1. The molecule has 4 N–H and O–H groups in total. The zero-order valence-electron chi connectivity index (χ0n) is 14.9. The Morgan fingerprint density at radius 2 is 2.00 bits per heavy atom. The molecule has 1 amide bonds. The molecule has 0 bridgehead atoms. The number of nitrogens with zero attached hydrogens (tertiary/aromatic N) is 1. The van der Waals surface area contributed by atoms with Gasteiger partial charge in [-0.25, -0.2) is 4.98 Å². The molecule has 2 aromatic carbocycles. The minimum atomic E-state index is -0.203. The second-order valence-electron chi connectivity index (χ2n) is 6.46. The molecule has 1 aliphatic rings. The zero-order chi connectivity index (χ0) is 19.3. The lowest BCUT2D eigenvalue weighted by molar-refractivity contribution is -0.110. The topological polar surface area (TPSA) is 103 Å². The fourth-order valence-corrected chi connectivity index (χ4v) is 3.50. The van der Waals surface area contributed by atoms with E-state index < -0.39 is 0 Å². The van der Waals surface area contributed by atoms with Crippen LogP contribution in [0.2, 0.25) is 0 Å². The monoisotopic (exact) mass is 372 g/mol. The molecule has 2 aromatic heterocycles. The minimum Gasteiger partial charge on any atom is -0.507 e. The van der Waals surface area contributed by atoms with Gasteiger partial charge in [0, 0.05) is 11.8 Å². The van der Waals surface area contributed by atoms with E-state index in [1.165, 1.54) is 0 Å². The summed E-state index contributed by atoms with van der Waals surface area (Å²) in [7, 11) is 1.58. The summed E-state index contributed by atoms with van der Waals surface area (Å²) in [5.41, 5.74) is 4.65. The number of phenols is 1. The third-order valence-corrected chi connectivity index (χ3v) is 4.82. The van der Waals surface area contributed by atoms with Gasteiger partial charge in [0.1, 0.15) is 17.3 Å². The summed E-state index contributed by atoms with van der Waals surface area (Å²) < 4.78 is 5.32. The molecule has 0 saturated heterocycles. The number of aromatic nitrogens is 3. The molecule has 0 saturated carbocycles. The number of imidazole rings is 1. The molecule has 1 aliphatic heterocycles. The number of para-hydroxylation sites is 1. The number of carbonyl (C=O) groups excluding carboxylic acids is 1. The normalized spacial score (nSPS) is 14.5. The Hall–Kier alpha value is -4.00. The Morgan fingerprint density at radius 1 is 1.14 bits per heavy atom. The van der Waals surface area contributed by atoms with Gasteiger partial charge in [0.2, 0.25) is 0 Å². The summed E-state index contributed by atoms with van der Waals surface area (Å²) in [6, 6.07) is 12.5. The largest absolute Gasteiger partial charge is 0.507 e. The van der Waals surface area contributed by atoms with Crippen molar-refractivity contribution in [1.82, 2.24) is 15.0 Å². The third-order valence-electron chi connectivity index (χ3n) is 4.82. The Labute approximate surface area is 159 Å². The molecule has 0 fully saturated rings. The number of aromatic hydroxyl groups is 1. The number of nitrogens with one attached hydrogen (secondary N) is 3. The number of ether oxygens (including phenoxy) is 1. The van der Waals surface area contributed by atoms with Gasteiger partial charge < -0.3 is 25.1 Å². The molecule has 5 rings (SSSR count). The number of carbonyl (C=O) groups is 1. The van der Waals surface area contributed by atoms with Gasteiger partial charge in [-0.05, 0) is 36.4 Å². The van der Waals surface area contributed by atoms with Crippen molar-refractivity contribution in [2.75, 3.05) is 12.4 Å². The van der Waals surface area contributed by atoms with Crippen LogP contribution in [0.4, 0.5) is 5.69 Å². The summed E-state index contributed by atoms with van der Waals surface area (Å²) in [4.78, 5) is 23.6. The number of H-pyrrole nitrogens is 2. The van der Waals surface area contributed by atoms with Crippen LogP contribution in [0.5, 0.6) is 11.5 Å². The number of rotatable bonds is 3. The van der Waals surface area contributed by atoms with Gasteiger partial charge in [0.15, 0.2) is 0 Å². The number of anilines is 1. The van der Waals surface area contributed by atoms with E-state index in [9.17, 15) is 9.90 Å². The van der Waals surface area contributed by atoms with Crippen molar-refractivity contribution in [3.8, 4) is 22.9 Å². The quantitative estimate of drug-likeness (QED) is 0.411. The van der Waals surface area contributed by atoms with Crippen LogP contribution in [0.25, 0.3) is 34.1 Å². The molecule has 7 heteroatoms. The highest BCUT2D eigenvalue weighted by atomic mass is 16.5. The van der Waals surface area contributed by atoms with E-state index in [0.717, 1.165) is 11.1 Å². The van der Waals surface area contributed by atoms with Crippen LogP contribution in [-0.4, -0.2) is 33.1 Å². The second kappa shape index (κ2) is 6.02. The Bertz CT molecular complexity index is 1270. The van der Waals surface area contributed by atoms with E-state index in [4.69, 9.17) is 4.74 Å². The number of hydrogen-bond acceptors (Lipinski definition) is 4. The van der Waals surface area contributed by atoms with Crippen LogP contribution >= 0.6 is 0 Å². The summed E-state index contributed by atoms with van der Waals surface area (Å²) in [6.45, 7) is 0. The lowest BCUT2D eigenvalue weighted by atomic mass is 10.0. The lowest BCUT2D eigenvalue weighted by Gasteiger charge is -2.01. The van der Waals surface area contributed by atoms with Gasteiger partial charge in [0.25, 0.3) is 5.91 Å². The third kappa shape index (κ3) is 2.37. The Morgan fingerprint density at radius 3 is 2.82 bits per heavy atom. The first-order valence-corrected chi connectivity index (χ1v) is 8.71. The molecule has 0 spiro atoms. The maximum atomic E-state index is 12.6. The number of aromatic amines is 2. The molecule has 28 heavy (non-hydrogen) atoms. The minimum absolute atomic E-state index is 0.138. The van der Waals surface area contributed by atoms with E-state index in [1.807, 2.05) is 18.2 Å². The van der Waals surface area contributed by atoms with Crippen molar-refractivity contribution < 1.29 is 14.6 Å². The molecule has 138 valence electrons. The Balaban J connectivity index is 1.72. The van der Waals surface area contributed by atoms with Crippen molar-refractivity contribution in [2.45, 2.75) is 0 Å². The molecule has 0 aliphatic carbocycles. The highest BCUT2D eigenvalue weighted by Crippen LogP contribution is 2.40. The van der Waals surface area contributed by atoms with Gasteiger partial charge >= 0.3 is 0 Å². The molecule has 3 heterocycles. The van der Waals surface area contributed by atoms with Crippen molar-refractivity contribution in [1.29, 1.82) is 0 Å². The maximum Gasteiger partial charge on any atom is 0.256 e. The summed E-state index contributed by atoms with van der Waals surface area (Å²) in [6.07, 6.45) is 3.51. The standard InChI is InChI=1S/C21H16N4O3/c1-28-17-8-9-22-15(17)10-12-18-13(24-21(12)27)6-7-14-19(18)25-20(23-14)11-4-2-3-5-16(11)26/h2-10,22,26H,1H3,(H,23,25)(H,24,27). The second-order valence-corrected chi connectivity index (χ2v) is 6.46. The molecule has 0 radical (unpaired) electrons. The van der Waals surface area contributed by atoms with Crippen molar-refractivity contribution in [3.63, 3.8) is 0 Å². The van der Waals surface area contributed by atoms with Crippen molar-refractivity contribution in [2.24, 2.45) is 0 Å². The first kappa shape index (κ1) is 16.2. The van der Waals surface area contributed by atoms with Crippen LogP contribution in [0.1, 0.15) is 11.3 Å². The van der Waals surface area contributed by atoms with Gasteiger partial charge in [-0.3, -0.25) is 4.79 Å². The number of methoxy groups -OCH3 is 1. The molecule has 7 nitrogen and oxygen atoms in total. The number of benzene rings is 2. The SMILES string of the molecule is COc1cc[nH]c1C=C1C(=O)Nc2ccc3[nH]c(-c4ccccc4O)nc3c21. The molecular weight excluding hydrogens is 356 g/mol. The highest BCUT2D eigenvalue weighted by molar-refractivity contribution is 6.37. The van der Waals surface area contributed by atoms with Gasteiger partial charge in [-0.15, -0.1) is 0 Å². The summed E-state index contributed by atoms with van der Waals surface area (Å²) in [5, 5.41) is 13.0. The first-order valence-electron chi connectivity index (χ1n) is 8.71. The smallest absolute Gasteiger partial charge is 0.256 e. The van der Waals surface area contributed by atoms with Crippen LogP contribution in [0.3, 0.4) is 0 Å². The summed E-state index contributed by atoms with van der Waals surface area (Å²) >= 11 is 0. The van der Waals surface area contributed by atoms with Crippen LogP contribution in [-0.2, 0) is 4.79 Å². The van der Waals surface area contributed by atoms with E-state index in [-0.39, 0.29) is 11.7 Å². The fraction of sp³-hybridized carbons (Fsp3) is 0.0476. The Kier molecular flexibility index (Phi) is 3.48. The molecule has 0 unspecified atom stereocenters. The van der Waals surface area contributed by atoms with Crippen LogP contribution in [0, 0.1) is 0 Å². The lowest BCUT2D eigenvalue weighted by Crippen LogP contribution is -2.03. The van der Waals surface area contributed by atoms with Crippen LogP contribution < -0.4 is 10.1 Å². The van der Waals surface area contributed by atoms with E-state index in [2.05, 4.69) is 20.3 Å². The van der Waals surface area contributed by atoms with E-state index in [1.54, 1.807) is 43.6 Å². The van der Waals surface area contributed by atoms with E-state index in [0.29, 0.717) is 39.6 Å². The van der Waals surface area contributed by atoms with Crippen molar-refractivity contribution >= 4 is 34.3 Å². The fourth-order valence-electron chi connectivity index (χ4n) is 3.50. The molecular formula is C21H16N4O3. The van der Waals surface area contributed by atoms with Crippen molar-refractivity contribution in [3.05, 3.63) is 59.9 Å². The number of fused-ring (bicyclic) bond motifs is 3. The number of hydrogen-bond donors (Lipinski definition) is 4. The van der Waals surface area contributed by atoms with Gasteiger partial charge in [-0.1, -0.05) is 12.1 Å². The van der Waals surface area contributed by atoms with Gasteiger partial charge in [0.05, 0.1) is 40.7 Å². The number of amides is 1. The van der Waals surface area contributed by atoms with Gasteiger partial charge in [-0.2, -0.15) is 0 Å². The van der Waals surface area contributed by atoms with Crippen LogP contribution in [0.15, 0.2) is 48.7 Å². The highest BCUT2D eigenvalue weighted by Gasteiger charge is 2.28. The molecule has 4 aromatic rings. The zero-order valence-corrected chi connectivity index (χ0v) is 14.9. The predicted octanol–water partition coefficient (Wildman–Crippen LogP) is 3.76. The molecule has 0 atom stereocenters.